The van der Waals surface area contributed by atoms with E-state index in [0.717, 1.165) is 11.3 Å². The molecule has 0 saturated heterocycles. The van der Waals surface area contributed by atoms with Crippen LogP contribution in [0.15, 0.2) is 24.4 Å². The van der Waals surface area contributed by atoms with Gasteiger partial charge >= 0.3 is 0 Å². The van der Waals surface area contributed by atoms with E-state index in [0.29, 0.717) is 10.6 Å². The van der Waals surface area contributed by atoms with E-state index in [1.165, 1.54) is 6.07 Å². The van der Waals surface area contributed by atoms with Crippen LogP contribution in [0.4, 0.5) is 4.39 Å². The van der Waals surface area contributed by atoms with Crippen molar-refractivity contribution < 1.29 is 4.39 Å². The second-order valence-corrected chi connectivity index (χ2v) is 5.31. The van der Waals surface area contributed by atoms with Crippen LogP contribution in [0.25, 0.3) is 0 Å². The van der Waals surface area contributed by atoms with Crippen molar-refractivity contribution in [2.45, 2.75) is 32.9 Å². The van der Waals surface area contributed by atoms with Gasteiger partial charge in [-0.05, 0) is 38.0 Å². The second-order valence-electron chi connectivity index (χ2n) is 4.90. The van der Waals surface area contributed by atoms with Gasteiger partial charge in [0.25, 0.3) is 0 Å². The summed E-state index contributed by atoms with van der Waals surface area (Å²) in [5, 5.41) is 4.76. The summed E-state index contributed by atoms with van der Waals surface area (Å²) in [6.45, 7) is 5.73. The maximum Gasteiger partial charge on any atom is 0.126 e. The lowest BCUT2D eigenvalue weighted by Gasteiger charge is -2.18. The molecule has 1 heterocycles. The van der Waals surface area contributed by atoms with Crippen LogP contribution in [0.1, 0.15) is 42.8 Å². The molecule has 0 radical (unpaired) electrons. The number of aromatic nitrogens is 2. The molecule has 0 amide bonds. The average molecular weight is 282 g/mol. The van der Waals surface area contributed by atoms with Gasteiger partial charge in [-0.25, -0.2) is 4.39 Å². The molecular formula is C14H17ClFN3. The topological polar surface area (TPSA) is 43.8 Å². The molecule has 0 aliphatic rings. The fourth-order valence-electron chi connectivity index (χ4n) is 2.07. The maximum absolute atomic E-state index is 13.3. The molecule has 0 fully saturated rings. The molecule has 2 rings (SSSR count). The molecule has 0 bridgehead atoms. The summed E-state index contributed by atoms with van der Waals surface area (Å²) in [5.74, 6) is -0.237. The van der Waals surface area contributed by atoms with Crippen molar-refractivity contribution >= 4 is 11.6 Å². The summed E-state index contributed by atoms with van der Waals surface area (Å²) in [7, 11) is 0. The van der Waals surface area contributed by atoms with Gasteiger partial charge in [0.05, 0.1) is 23.0 Å². The third-order valence-corrected chi connectivity index (χ3v) is 3.40. The van der Waals surface area contributed by atoms with Gasteiger partial charge in [0, 0.05) is 6.04 Å². The van der Waals surface area contributed by atoms with E-state index in [1.807, 2.05) is 13.8 Å². The van der Waals surface area contributed by atoms with Crippen molar-refractivity contribution in [1.82, 2.24) is 9.78 Å². The Morgan fingerprint density at radius 1 is 1.37 bits per heavy atom. The highest BCUT2D eigenvalue weighted by Gasteiger charge is 2.20. The van der Waals surface area contributed by atoms with E-state index in [4.69, 9.17) is 17.3 Å². The van der Waals surface area contributed by atoms with Crippen molar-refractivity contribution in [3.8, 4) is 0 Å². The summed E-state index contributed by atoms with van der Waals surface area (Å²) in [5.41, 5.74) is 8.40. The highest BCUT2D eigenvalue weighted by molar-refractivity contribution is 6.31. The maximum atomic E-state index is 13.3. The summed E-state index contributed by atoms with van der Waals surface area (Å²) < 4.78 is 15.1. The van der Waals surface area contributed by atoms with Gasteiger partial charge in [0.2, 0.25) is 0 Å². The minimum atomic E-state index is -0.420. The predicted octanol–water partition coefficient (Wildman–Crippen LogP) is 3.61. The molecule has 1 aromatic carbocycles. The van der Waals surface area contributed by atoms with Crippen molar-refractivity contribution in [2.75, 3.05) is 0 Å². The molecule has 0 spiro atoms. The highest BCUT2D eigenvalue weighted by atomic mass is 35.5. The third kappa shape index (κ3) is 2.65. The van der Waals surface area contributed by atoms with Crippen LogP contribution in [0, 0.1) is 12.7 Å². The number of hydrogen-bond donors (Lipinski definition) is 1. The van der Waals surface area contributed by atoms with Gasteiger partial charge in [-0.2, -0.15) is 5.10 Å². The molecule has 2 aromatic rings. The van der Waals surface area contributed by atoms with Crippen LogP contribution in [-0.4, -0.2) is 9.78 Å². The molecular weight excluding hydrogens is 265 g/mol. The Kier molecular flexibility index (Phi) is 3.92. The number of aryl methyl sites for hydroxylation is 1. The zero-order valence-corrected chi connectivity index (χ0v) is 11.9. The van der Waals surface area contributed by atoms with Crippen LogP contribution < -0.4 is 5.73 Å². The zero-order chi connectivity index (χ0) is 14.2. The smallest absolute Gasteiger partial charge is 0.126 e. The van der Waals surface area contributed by atoms with E-state index >= 15 is 0 Å². The fraction of sp³-hybridized carbons (Fsp3) is 0.357. The Bertz CT molecular complexity index is 592. The Morgan fingerprint density at radius 3 is 2.63 bits per heavy atom. The molecule has 1 unspecified atom stereocenters. The predicted molar refractivity (Wildman–Crippen MR) is 74.8 cm³/mol. The van der Waals surface area contributed by atoms with Crippen molar-refractivity contribution in [2.24, 2.45) is 5.73 Å². The van der Waals surface area contributed by atoms with Gasteiger partial charge < -0.3 is 5.73 Å². The zero-order valence-electron chi connectivity index (χ0n) is 11.2. The van der Waals surface area contributed by atoms with E-state index < -0.39 is 6.04 Å². The molecule has 3 nitrogen and oxygen atoms in total. The van der Waals surface area contributed by atoms with Crippen LogP contribution in [-0.2, 0) is 0 Å². The summed E-state index contributed by atoms with van der Waals surface area (Å²) in [6, 6.07) is 4.59. The number of benzene rings is 1. The molecule has 102 valence electrons. The lowest BCUT2D eigenvalue weighted by atomic mass is 10.0. The number of nitrogens with two attached hydrogens (primary N) is 1. The molecule has 5 heteroatoms. The lowest BCUT2D eigenvalue weighted by molar-refractivity contribution is 0.499. The number of rotatable bonds is 3. The Labute approximate surface area is 117 Å². The second kappa shape index (κ2) is 5.31. The van der Waals surface area contributed by atoms with Gasteiger partial charge in [-0.15, -0.1) is 0 Å². The number of hydrogen-bond acceptors (Lipinski definition) is 2. The normalized spacial score (nSPS) is 13.0. The van der Waals surface area contributed by atoms with Crippen molar-refractivity contribution in [1.29, 1.82) is 0 Å². The van der Waals surface area contributed by atoms with Gasteiger partial charge in [0.15, 0.2) is 0 Å². The molecule has 0 aliphatic heterocycles. The van der Waals surface area contributed by atoms with Crippen LogP contribution in [0.2, 0.25) is 5.02 Å². The Hall–Kier alpha value is -1.39. The van der Waals surface area contributed by atoms with Gasteiger partial charge in [0.1, 0.15) is 5.82 Å². The van der Waals surface area contributed by atoms with Crippen LogP contribution >= 0.6 is 11.6 Å². The summed E-state index contributed by atoms with van der Waals surface area (Å²) in [4.78, 5) is 0. The fourth-order valence-corrected chi connectivity index (χ4v) is 2.32. The summed E-state index contributed by atoms with van der Waals surface area (Å²) in [6.07, 6.45) is 1.59. The first kappa shape index (κ1) is 14.0. The molecule has 0 aliphatic carbocycles. The first-order valence-corrected chi connectivity index (χ1v) is 6.54. The standard InChI is InChI=1S/C14H17ClFN3/c1-8(2)19-14(11(15)7-18-19)13(17)10-4-5-12(16)9(3)6-10/h4-8,13H,17H2,1-3H3. The lowest BCUT2D eigenvalue weighted by Crippen LogP contribution is -2.19. The van der Waals surface area contributed by atoms with Crippen molar-refractivity contribution in [3.05, 3.63) is 52.1 Å². The third-order valence-electron chi connectivity index (χ3n) is 3.11. The van der Waals surface area contributed by atoms with E-state index in [9.17, 15) is 4.39 Å². The van der Waals surface area contributed by atoms with Crippen LogP contribution in [0.5, 0.6) is 0 Å². The first-order valence-electron chi connectivity index (χ1n) is 6.16. The molecule has 0 saturated carbocycles. The van der Waals surface area contributed by atoms with Crippen molar-refractivity contribution in [3.63, 3.8) is 0 Å². The number of nitrogens with zero attached hydrogens (tertiary/aromatic N) is 2. The molecule has 1 aromatic heterocycles. The minimum absolute atomic E-state index is 0.162. The quantitative estimate of drug-likeness (QED) is 0.934. The SMILES string of the molecule is Cc1cc(C(N)c2c(Cl)cnn2C(C)C)ccc1F. The summed E-state index contributed by atoms with van der Waals surface area (Å²) >= 11 is 6.17. The minimum Gasteiger partial charge on any atom is -0.319 e. The Morgan fingerprint density at radius 2 is 2.05 bits per heavy atom. The van der Waals surface area contributed by atoms with E-state index in [-0.39, 0.29) is 11.9 Å². The molecule has 2 N–H and O–H groups in total. The average Bonchev–Trinajstić information content (AvgIpc) is 2.74. The van der Waals surface area contributed by atoms with E-state index in [2.05, 4.69) is 5.10 Å². The van der Waals surface area contributed by atoms with Gasteiger partial charge in [-0.1, -0.05) is 23.7 Å². The van der Waals surface area contributed by atoms with Gasteiger partial charge in [-0.3, -0.25) is 4.68 Å². The first-order chi connectivity index (χ1) is 8.91. The van der Waals surface area contributed by atoms with Crippen LogP contribution in [0.3, 0.4) is 0 Å². The van der Waals surface area contributed by atoms with E-state index in [1.54, 1.807) is 29.9 Å². The largest absolute Gasteiger partial charge is 0.319 e. The Balaban J connectivity index is 2.46. The molecule has 1 atom stereocenters. The monoisotopic (exact) mass is 281 g/mol. The number of halogens is 2. The highest BCUT2D eigenvalue weighted by Crippen LogP contribution is 2.29. The molecule has 19 heavy (non-hydrogen) atoms.